The molecule has 0 unspecified atom stereocenters. The van der Waals surface area contributed by atoms with E-state index >= 15 is 0 Å². The predicted molar refractivity (Wildman–Crippen MR) is 62.1 cm³/mol. The quantitative estimate of drug-likeness (QED) is 0.904. The fraction of sp³-hybridized carbons (Fsp3) is 0.0909. The maximum absolute atomic E-state index is 11.1. The van der Waals surface area contributed by atoms with Gasteiger partial charge >= 0.3 is 5.97 Å². The van der Waals surface area contributed by atoms with Gasteiger partial charge < -0.3 is 14.6 Å². The molecule has 17 heavy (non-hydrogen) atoms. The van der Waals surface area contributed by atoms with Gasteiger partial charge in [0.15, 0.2) is 0 Å². The number of hydrogen-bond donors (Lipinski definition) is 1. The summed E-state index contributed by atoms with van der Waals surface area (Å²) in [6.45, 7) is 0. The zero-order valence-corrected chi connectivity index (χ0v) is 9.73. The number of aromatic nitrogens is 1. The number of methoxy groups -OCH3 is 1. The molecule has 0 aliphatic heterocycles. The van der Waals surface area contributed by atoms with Crippen LogP contribution in [0.4, 0.5) is 0 Å². The lowest BCUT2D eigenvalue weighted by Crippen LogP contribution is -2.00. The zero-order chi connectivity index (χ0) is 12.3. The highest BCUT2D eigenvalue weighted by Gasteiger charge is 2.14. The van der Waals surface area contributed by atoms with Crippen LogP contribution in [0.2, 0.25) is 0 Å². The van der Waals surface area contributed by atoms with Gasteiger partial charge in [0.2, 0.25) is 0 Å². The molecule has 1 aromatic heterocycles. The van der Waals surface area contributed by atoms with Gasteiger partial charge in [-0.25, -0.2) is 9.78 Å². The Hall–Kier alpha value is -2.08. The molecule has 0 radical (unpaired) electrons. The molecule has 0 aliphatic rings. The maximum Gasteiger partial charge on any atom is 0.339 e. The smallest absolute Gasteiger partial charge is 0.339 e. The minimum atomic E-state index is -1.07. The van der Waals surface area contributed by atoms with Gasteiger partial charge in [-0.1, -0.05) is 11.3 Å². The largest absolute Gasteiger partial charge is 0.497 e. The number of aromatic carboxylic acids is 1. The molecule has 0 atom stereocenters. The molecule has 0 spiro atoms. The third-order valence-electron chi connectivity index (χ3n) is 2.02. The molecule has 0 aliphatic carbocycles. The van der Waals surface area contributed by atoms with Crippen LogP contribution in [0, 0.1) is 0 Å². The molecule has 2 aromatic rings. The summed E-state index contributed by atoms with van der Waals surface area (Å²) in [4.78, 5) is 15.0. The van der Waals surface area contributed by atoms with Crippen molar-refractivity contribution in [3.05, 3.63) is 35.3 Å². The molecule has 5 nitrogen and oxygen atoms in total. The van der Waals surface area contributed by atoms with Crippen molar-refractivity contribution in [3.8, 4) is 16.7 Å². The second-order valence-electron chi connectivity index (χ2n) is 3.07. The number of ether oxygens (including phenoxy) is 2. The lowest BCUT2D eigenvalue weighted by Gasteiger charge is -2.07. The first-order valence-corrected chi connectivity index (χ1v) is 5.57. The van der Waals surface area contributed by atoms with Crippen LogP contribution < -0.4 is 9.47 Å². The van der Waals surface area contributed by atoms with E-state index in [1.54, 1.807) is 23.7 Å². The molecule has 6 heteroatoms. The Balaban J connectivity index is 2.36. The summed E-state index contributed by atoms with van der Waals surface area (Å²) in [5.41, 5.74) is 0.0413. The van der Waals surface area contributed by atoms with Crippen LogP contribution in [0.25, 0.3) is 0 Å². The summed E-state index contributed by atoms with van der Waals surface area (Å²) in [6, 6.07) is 4.59. The van der Waals surface area contributed by atoms with E-state index in [-0.39, 0.29) is 11.3 Å². The molecule has 2 rings (SSSR count). The molecule has 1 heterocycles. The summed E-state index contributed by atoms with van der Waals surface area (Å²) >= 11 is 1.29. The second-order valence-corrected chi connectivity index (χ2v) is 3.92. The first kappa shape index (κ1) is 11.4. The van der Waals surface area contributed by atoms with Crippen molar-refractivity contribution in [1.82, 2.24) is 4.98 Å². The average Bonchev–Trinajstić information content (AvgIpc) is 2.82. The van der Waals surface area contributed by atoms with E-state index in [2.05, 4.69) is 4.98 Å². The first-order chi connectivity index (χ1) is 8.20. The van der Waals surface area contributed by atoms with Crippen LogP contribution in [-0.4, -0.2) is 23.2 Å². The highest BCUT2D eigenvalue weighted by Crippen LogP contribution is 2.29. The van der Waals surface area contributed by atoms with Crippen LogP contribution in [0.1, 0.15) is 10.4 Å². The third-order valence-corrected chi connectivity index (χ3v) is 2.67. The van der Waals surface area contributed by atoms with Gasteiger partial charge in [0.25, 0.3) is 5.19 Å². The van der Waals surface area contributed by atoms with E-state index in [0.717, 1.165) is 0 Å². The number of carbonyl (C=O) groups is 1. The average molecular weight is 251 g/mol. The molecule has 1 N–H and O–H groups in total. The van der Waals surface area contributed by atoms with Crippen molar-refractivity contribution in [2.24, 2.45) is 0 Å². The highest BCUT2D eigenvalue weighted by molar-refractivity contribution is 7.11. The standard InChI is InChI=1S/C11H9NO4S/c1-15-7-2-3-9(8(6-7)10(13)14)16-11-12-4-5-17-11/h2-6H,1H3,(H,13,14). The molecule has 1 aromatic carbocycles. The van der Waals surface area contributed by atoms with Crippen LogP contribution >= 0.6 is 11.3 Å². The van der Waals surface area contributed by atoms with E-state index in [4.69, 9.17) is 14.6 Å². The molecule has 0 amide bonds. The number of thiazole rings is 1. The number of nitrogens with zero attached hydrogens (tertiary/aromatic N) is 1. The Labute approximate surface area is 101 Å². The summed E-state index contributed by atoms with van der Waals surface area (Å²) < 4.78 is 10.3. The summed E-state index contributed by atoms with van der Waals surface area (Å²) in [7, 11) is 1.47. The highest BCUT2D eigenvalue weighted by atomic mass is 32.1. The third kappa shape index (κ3) is 2.54. The van der Waals surface area contributed by atoms with Gasteiger partial charge in [0.1, 0.15) is 17.1 Å². The number of carboxylic acids is 1. The topological polar surface area (TPSA) is 68.7 Å². The van der Waals surface area contributed by atoms with Gasteiger partial charge in [-0.05, 0) is 18.2 Å². The van der Waals surface area contributed by atoms with Crippen LogP contribution in [-0.2, 0) is 0 Å². The molecule has 88 valence electrons. The van der Waals surface area contributed by atoms with E-state index in [1.165, 1.54) is 24.5 Å². The van der Waals surface area contributed by atoms with E-state index in [1.807, 2.05) is 0 Å². The number of carboxylic acid groups (broad SMARTS) is 1. The minimum Gasteiger partial charge on any atom is -0.497 e. The lowest BCUT2D eigenvalue weighted by molar-refractivity contribution is 0.0693. The fourth-order valence-corrected chi connectivity index (χ4v) is 1.74. The van der Waals surface area contributed by atoms with Gasteiger partial charge in [-0.2, -0.15) is 0 Å². The van der Waals surface area contributed by atoms with Gasteiger partial charge in [-0.3, -0.25) is 0 Å². The lowest BCUT2D eigenvalue weighted by atomic mass is 10.2. The second kappa shape index (κ2) is 4.84. The molecule has 0 bridgehead atoms. The molecule has 0 saturated carbocycles. The van der Waals surface area contributed by atoms with Gasteiger partial charge in [-0.15, -0.1) is 0 Å². The summed E-state index contributed by atoms with van der Waals surface area (Å²) in [6.07, 6.45) is 1.59. The zero-order valence-electron chi connectivity index (χ0n) is 8.91. The predicted octanol–water partition coefficient (Wildman–Crippen LogP) is 2.64. The summed E-state index contributed by atoms with van der Waals surface area (Å²) in [5.74, 6) is -0.363. The van der Waals surface area contributed by atoms with Crippen molar-refractivity contribution in [3.63, 3.8) is 0 Å². The Kier molecular flexibility index (Phi) is 3.24. The minimum absolute atomic E-state index is 0.0413. The van der Waals surface area contributed by atoms with E-state index < -0.39 is 5.97 Å². The number of benzene rings is 1. The molecule has 0 saturated heterocycles. The number of rotatable bonds is 4. The van der Waals surface area contributed by atoms with Crippen molar-refractivity contribution < 1.29 is 19.4 Å². The Morgan fingerprint density at radius 2 is 2.29 bits per heavy atom. The molecule has 0 fully saturated rings. The monoisotopic (exact) mass is 251 g/mol. The van der Waals surface area contributed by atoms with Crippen LogP contribution in [0.3, 0.4) is 0 Å². The molecular formula is C11H9NO4S. The SMILES string of the molecule is COc1ccc(Oc2nccs2)c(C(=O)O)c1. The van der Waals surface area contributed by atoms with Crippen molar-refractivity contribution in [2.45, 2.75) is 0 Å². The number of hydrogen-bond acceptors (Lipinski definition) is 5. The first-order valence-electron chi connectivity index (χ1n) is 4.69. The summed E-state index contributed by atoms with van der Waals surface area (Å²) in [5, 5.41) is 11.2. The van der Waals surface area contributed by atoms with Crippen molar-refractivity contribution in [2.75, 3.05) is 7.11 Å². The van der Waals surface area contributed by atoms with Crippen molar-refractivity contribution >= 4 is 17.3 Å². The van der Waals surface area contributed by atoms with E-state index in [0.29, 0.717) is 10.9 Å². The molecular weight excluding hydrogens is 242 g/mol. The van der Waals surface area contributed by atoms with Crippen LogP contribution in [0.15, 0.2) is 29.8 Å². The maximum atomic E-state index is 11.1. The Bertz CT molecular complexity index is 524. The van der Waals surface area contributed by atoms with Crippen LogP contribution in [0.5, 0.6) is 16.7 Å². The Morgan fingerprint density at radius 1 is 1.47 bits per heavy atom. The van der Waals surface area contributed by atoms with Gasteiger partial charge in [0, 0.05) is 11.6 Å². The fourth-order valence-electron chi connectivity index (χ4n) is 1.25. The van der Waals surface area contributed by atoms with Crippen molar-refractivity contribution in [1.29, 1.82) is 0 Å². The Morgan fingerprint density at radius 3 is 2.88 bits per heavy atom. The normalized spacial score (nSPS) is 9.94. The van der Waals surface area contributed by atoms with E-state index in [9.17, 15) is 4.79 Å². The van der Waals surface area contributed by atoms with Gasteiger partial charge in [0.05, 0.1) is 7.11 Å².